The lowest BCUT2D eigenvalue weighted by Crippen LogP contribution is -2.52. The van der Waals surface area contributed by atoms with Crippen LogP contribution < -0.4 is 4.90 Å². The summed E-state index contributed by atoms with van der Waals surface area (Å²) in [5, 5.41) is 0. The normalized spacial score (nSPS) is 18.5. The van der Waals surface area contributed by atoms with Gasteiger partial charge >= 0.3 is 6.18 Å². The lowest BCUT2D eigenvalue weighted by atomic mass is 9.96. The minimum absolute atomic E-state index is 0.00145. The number of nitrogens with zero attached hydrogens (tertiary/aromatic N) is 3. The predicted molar refractivity (Wildman–Crippen MR) is 132 cm³/mol. The SMILES string of the molecule is Cc1cc(C)c(S(=O)(=O)N2CCC(C(=O)N3CCN(c4cccc(C(F)(F)F)c4)CC3)CC2)c(C)c1. The molecule has 1 amide bonds. The van der Waals surface area contributed by atoms with Crippen molar-refractivity contribution in [3.05, 3.63) is 58.7 Å². The average molecular weight is 524 g/mol. The molecule has 2 saturated heterocycles. The number of hydrogen-bond acceptors (Lipinski definition) is 4. The van der Waals surface area contributed by atoms with Crippen LogP contribution in [0.1, 0.15) is 35.1 Å². The molecule has 0 N–H and O–H groups in total. The van der Waals surface area contributed by atoms with Gasteiger partial charge in [0.25, 0.3) is 0 Å². The van der Waals surface area contributed by atoms with E-state index >= 15 is 0 Å². The number of alkyl halides is 3. The van der Waals surface area contributed by atoms with Gasteiger partial charge in [0.1, 0.15) is 0 Å². The van der Waals surface area contributed by atoms with Crippen molar-refractivity contribution in [2.24, 2.45) is 5.92 Å². The van der Waals surface area contributed by atoms with Crippen LogP contribution in [0.4, 0.5) is 18.9 Å². The molecule has 2 heterocycles. The molecule has 4 rings (SSSR count). The first-order chi connectivity index (χ1) is 16.9. The fourth-order valence-electron chi connectivity index (χ4n) is 5.37. The molecule has 0 atom stereocenters. The monoisotopic (exact) mass is 523 g/mol. The molecule has 0 saturated carbocycles. The number of anilines is 1. The Labute approximate surface area is 210 Å². The van der Waals surface area contributed by atoms with E-state index in [4.69, 9.17) is 0 Å². The fourth-order valence-corrected chi connectivity index (χ4v) is 7.25. The number of amides is 1. The zero-order chi connectivity index (χ0) is 26.3. The summed E-state index contributed by atoms with van der Waals surface area (Å²) in [5.74, 6) is -0.254. The molecule has 0 bridgehead atoms. The molecule has 2 aliphatic heterocycles. The molecule has 2 fully saturated rings. The van der Waals surface area contributed by atoms with E-state index in [-0.39, 0.29) is 24.9 Å². The van der Waals surface area contributed by atoms with Crippen molar-refractivity contribution in [3.63, 3.8) is 0 Å². The first-order valence-electron chi connectivity index (χ1n) is 12.2. The van der Waals surface area contributed by atoms with Gasteiger partial charge in [-0.15, -0.1) is 0 Å². The summed E-state index contributed by atoms with van der Waals surface area (Å²) in [6.07, 6.45) is -3.49. The standard InChI is InChI=1S/C26H32F3N3O3S/c1-18-15-19(2)24(20(3)16-18)36(34,35)32-9-7-21(8-10-32)25(33)31-13-11-30(12-14-31)23-6-4-5-22(17-23)26(27,28)29/h4-6,15-17,21H,7-14H2,1-3H3. The molecule has 2 aliphatic rings. The second-order valence-electron chi connectivity index (χ2n) is 9.77. The maximum atomic E-state index is 13.3. The summed E-state index contributed by atoms with van der Waals surface area (Å²) in [6, 6.07) is 8.99. The van der Waals surface area contributed by atoms with Gasteiger partial charge < -0.3 is 9.80 Å². The van der Waals surface area contributed by atoms with Gasteiger partial charge in [-0.25, -0.2) is 8.42 Å². The number of halogens is 3. The molecule has 0 radical (unpaired) electrons. The third kappa shape index (κ3) is 5.39. The van der Waals surface area contributed by atoms with E-state index in [1.165, 1.54) is 10.4 Å². The molecule has 2 aromatic carbocycles. The third-order valence-electron chi connectivity index (χ3n) is 7.14. The minimum atomic E-state index is -4.40. The lowest BCUT2D eigenvalue weighted by Gasteiger charge is -2.39. The first-order valence-corrected chi connectivity index (χ1v) is 13.6. The van der Waals surface area contributed by atoms with Crippen LogP contribution in [0.5, 0.6) is 0 Å². The molecule has 196 valence electrons. The van der Waals surface area contributed by atoms with Gasteiger partial charge in [-0.3, -0.25) is 4.79 Å². The van der Waals surface area contributed by atoms with Crippen LogP contribution in [0.25, 0.3) is 0 Å². The Balaban J connectivity index is 1.34. The van der Waals surface area contributed by atoms with E-state index in [0.717, 1.165) is 28.8 Å². The van der Waals surface area contributed by atoms with Crippen molar-refractivity contribution in [1.29, 1.82) is 0 Å². The molecule has 36 heavy (non-hydrogen) atoms. The highest BCUT2D eigenvalue weighted by molar-refractivity contribution is 7.89. The molecule has 0 unspecified atom stereocenters. The van der Waals surface area contributed by atoms with Gasteiger partial charge in [0.15, 0.2) is 0 Å². The number of benzene rings is 2. The highest BCUT2D eigenvalue weighted by Crippen LogP contribution is 2.33. The van der Waals surface area contributed by atoms with E-state index in [1.807, 2.05) is 37.8 Å². The molecule has 2 aromatic rings. The van der Waals surface area contributed by atoms with Crippen LogP contribution in [0, 0.1) is 26.7 Å². The van der Waals surface area contributed by atoms with E-state index < -0.39 is 21.8 Å². The second-order valence-corrected chi connectivity index (χ2v) is 11.6. The Hall–Kier alpha value is -2.59. The van der Waals surface area contributed by atoms with Gasteiger partial charge in [-0.2, -0.15) is 17.5 Å². The van der Waals surface area contributed by atoms with E-state index in [0.29, 0.717) is 49.6 Å². The second kappa shape index (κ2) is 10.0. The number of aryl methyl sites for hydroxylation is 3. The van der Waals surface area contributed by atoms with Crippen LogP contribution in [0.3, 0.4) is 0 Å². The van der Waals surface area contributed by atoms with Crippen molar-refractivity contribution in [2.75, 3.05) is 44.2 Å². The van der Waals surface area contributed by atoms with Crippen molar-refractivity contribution >= 4 is 21.6 Å². The van der Waals surface area contributed by atoms with Crippen molar-refractivity contribution < 1.29 is 26.4 Å². The smallest absolute Gasteiger partial charge is 0.368 e. The number of piperidine rings is 1. The molecule has 0 spiro atoms. The van der Waals surface area contributed by atoms with E-state index in [9.17, 15) is 26.4 Å². The summed E-state index contributed by atoms with van der Waals surface area (Å²) in [4.78, 5) is 17.1. The van der Waals surface area contributed by atoms with Crippen molar-refractivity contribution in [3.8, 4) is 0 Å². The fraction of sp³-hybridized carbons (Fsp3) is 0.500. The highest BCUT2D eigenvalue weighted by Gasteiger charge is 2.36. The van der Waals surface area contributed by atoms with Crippen LogP contribution in [0.2, 0.25) is 0 Å². The average Bonchev–Trinajstić information content (AvgIpc) is 2.82. The number of rotatable bonds is 4. The molecular formula is C26H32F3N3O3S. The highest BCUT2D eigenvalue weighted by atomic mass is 32.2. The Morgan fingerprint density at radius 2 is 1.47 bits per heavy atom. The number of carbonyl (C=O) groups is 1. The molecule has 6 nitrogen and oxygen atoms in total. The number of hydrogen-bond donors (Lipinski definition) is 0. The summed E-state index contributed by atoms with van der Waals surface area (Å²) < 4.78 is 67.3. The van der Waals surface area contributed by atoms with Gasteiger partial charge in [0.2, 0.25) is 15.9 Å². The van der Waals surface area contributed by atoms with Crippen molar-refractivity contribution in [1.82, 2.24) is 9.21 Å². The molecule has 0 aromatic heterocycles. The molecule has 10 heteroatoms. The zero-order valence-corrected chi connectivity index (χ0v) is 21.6. The Bertz CT molecular complexity index is 1210. The topological polar surface area (TPSA) is 60.9 Å². The summed E-state index contributed by atoms with van der Waals surface area (Å²) >= 11 is 0. The van der Waals surface area contributed by atoms with Gasteiger partial charge in [0, 0.05) is 50.9 Å². The maximum Gasteiger partial charge on any atom is 0.416 e. The van der Waals surface area contributed by atoms with Gasteiger partial charge in [-0.1, -0.05) is 23.8 Å². The maximum absolute atomic E-state index is 13.3. The summed E-state index contributed by atoms with van der Waals surface area (Å²) in [6.45, 7) is 7.88. The Kier molecular flexibility index (Phi) is 7.39. The van der Waals surface area contributed by atoms with E-state index in [2.05, 4.69) is 0 Å². The summed E-state index contributed by atoms with van der Waals surface area (Å²) in [5.41, 5.74) is 2.28. The largest absolute Gasteiger partial charge is 0.416 e. The number of sulfonamides is 1. The van der Waals surface area contributed by atoms with Crippen LogP contribution in [-0.2, 0) is 21.0 Å². The Morgan fingerprint density at radius 3 is 2.03 bits per heavy atom. The van der Waals surface area contributed by atoms with Crippen molar-refractivity contribution in [2.45, 2.75) is 44.7 Å². The first kappa shape index (κ1) is 26.5. The van der Waals surface area contributed by atoms with Gasteiger partial charge in [0.05, 0.1) is 10.5 Å². The van der Waals surface area contributed by atoms with Crippen LogP contribution in [0.15, 0.2) is 41.3 Å². The Morgan fingerprint density at radius 1 is 0.889 bits per heavy atom. The van der Waals surface area contributed by atoms with E-state index in [1.54, 1.807) is 11.0 Å². The predicted octanol–water partition coefficient (Wildman–Crippen LogP) is 4.38. The quantitative estimate of drug-likeness (QED) is 0.597. The lowest BCUT2D eigenvalue weighted by molar-refractivity contribution is -0.137. The molecule has 0 aliphatic carbocycles. The molecular weight excluding hydrogens is 491 g/mol. The third-order valence-corrected chi connectivity index (χ3v) is 9.34. The van der Waals surface area contributed by atoms with Crippen LogP contribution >= 0.6 is 0 Å². The van der Waals surface area contributed by atoms with Crippen LogP contribution in [-0.4, -0.2) is 62.8 Å². The van der Waals surface area contributed by atoms with Gasteiger partial charge in [-0.05, 0) is 62.9 Å². The number of piperazine rings is 1. The summed E-state index contributed by atoms with van der Waals surface area (Å²) in [7, 11) is -3.64. The minimum Gasteiger partial charge on any atom is -0.368 e. The number of carbonyl (C=O) groups excluding carboxylic acids is 1. The zero-order valence-electron chi connectivity index (χ0n) is 20.8.